The van der Waals surface area contributed by atoms with Gasteiger partial charge in [0.25, 0.3) is 0 Å². The summed E-state index contributed by atoms with van der Waals surface area (Å²) in [6.07, 6.45) is 4.66. The van der Waals surface area contributed by atoms with Crippen molar-refractivity contribution in [2.45, 2.75) is 37.8 Å². The first kappa shape index (κ1) is 13.2. The van der Waals surface area contributed by atoms with Gasteiger partial charge in [-0.2, -0.15) is 0 Å². The van der Waals surface area contributed by atoms with Gasteiger partial charge in [0.2, 0.25) is 0 Å². The molecule has 104 valence electrons. The van der Waals surface area contributed by atoms with Crippen molar-refractivity contribution in [3.63, 3.8) is 0 Å². The average molecular weight is 282 g/mol. The number of aliphatic hydroxyl groups is 1. The van der Waals surface area contributed by atoms with Gasteiger partial charge in [-0.25, -0.2) is 0 Å². The summed E-state index contributed by atoms with van der Waals surface area (Å²) in [5.41, 5.74) is 1.20. The minimum Gasteiger partial charge on any atom is -0.488 e. The molecule has 1 aromatic rings. The molecule has 2 aliphatic rings. The van der Waals surface area contributed by atoms with Gasteiger partial charge in [0.15, 0.2) is 0 Å². The van der Waals surface area contributed by atoms with Crippen LogP contribution in [0, 0.1) is 0 Å². The monoisotopic (exact) mass is 281 g/mol. The van der Waals surface area contributed by atoms with Crippen molar-refractivity contribution >= 4 is 11.6 Å². The van der Waals surface area contributed by atoms with Crippen LogP contribution in [0.15, 0.2) is 18.2 Å². The molecule has 0 bridgehead atoms. The van der Waals surface area contributed by atoms with Crippen LogP contribution in [0.4, 0.5) is 0 Å². The highest BCUT2D eigenvalue weighted by atomic mass is 35.5. The number of nitrogens with zero attached hydrogens (tertiary/aromatic N) is 1. The van der Waals surface area contributed by atoms with Crippen molar-refractivity contribution in [3.8, 4) is 5.75 Å². The van der Waals surface area contributed by atoms with E-state index in [1.165, 1.54) is 18.4 Å². The molecule has 2 unspecified atom stereocenters. The second kappa shape index (κ2) is 5.70. The number of rotatable bonds is 3. The average Bonchev–Trinajstić information content (AvgIpc) is 2.80. The Morgan fingerprint density at radius 2 is 2.26 bits per heavy atom. The van der Waals surface area contributed by atoms with E-state index in [0.717, 1.165) is 36.7 Å². The summed E-state index contributed by atoms with van der Waals surface area (Å²) in [6.45, 7) is 2.23. The summed E-state index contributed by atoms with van der Waals surface area (Å²) in [7, 11) is 0. The maximum absolute atomic E-state index is 9.45. The smallest absolute Gasteiger partial charge is 0.123 e. The summed E-state index contributed by atoms with van der Waals surface area (Å²) in [4.78, 5) is 2.38. The van der Waals surface area contributed by atoms with Crippen LogP contribution in [0.2, 0.25) is 5.02 Å². The Morgan fingerprint density at radius 1 is 1.37 bits per heavy atom. The number of aliphatic hydroxyl groups excluding tert-OH is 1. The molecule has 2 atom stereocenters. The molecule has 2 heterocycles. The normalized spacial score (nSPS) is 27.1. The van der Waals surface area contributed by atoms with Crippen LogP contribution in [0.1, 0.15) is 24.8 Å². The van der Waals surface area contributed by atoms with Gasteiger partial charge in [-0.3, -0.25) is 4.90 Å². The first-order chi connectivity index (χ1) is 9.26. The van der Waals surface area contributed by atoms with E-state index in [2.05, 4.69) is 4.90 Å². The number of hydrogen-bond acceptors (Lipinski definition) is 3. The standard InChI is InChI=1S/C15H20ClNO2/c16-12-4-5-15-11(7-12)8-14(19-15)9-17-6-2-1-3-13(17)10-18/h4-5,7,13-14,18H,1-3,6,8-10H2. The molecule has 0 saturated carbocycles. The Morgan fingerprint density at radius 3 is 3.11 bits per heavy atom. The third-order valence-corrected chi connectivity index (χ3v) is 4.40. The summed E-state index contributed by atoms with van der Waals surface area (Å²) >= 11 is 6.01. The van der Waals surface area contributed by atoms with E-state index >= 15 is 0 Å². The van der Waals surface area contributed by atoms with Crippen LogP contribution < -0.4 is 4.74 Å². The van der Waals surface area contributed by atoms with Crippen LogP contribution in [-0.4, -0.2) is 41.8 Å². The molecule has 0 radical (unpaired) electrons. The number of halogens is 1. The Kier molecular flexibility index (Phi) is 3.96. The topological polar surface area (TPSA) is 32.7 Å². The Hall–Kier alpha value is -0.770. The summed E-state index contributed by atoms with van der Waals surface area (Å²) < 4.78 is 5.98. The molecular weight excluding hydrogens is 262 g/mol. The Labute approximate surface area is 119 Å². The SMILES string of the molecule is OCC1CCCCN1CC1Cc2cc(Cl)ccc2O1. The fraction of sp³-hybridized carbons (Fsp3) is 0.600. The second-order valence-electron chi connectivity index (χ2n) is 5.52. The lowest BCUT2D eigenvalue weighted by Gasteiger charge is -2.35. The molecule has 0 amide bonds. The molecule has 2 aliphatic heterocycles. The number of piperidine rings is 1. The number of hydrogen-bond donors (Lipinski definition) is 1. The fourth-order valence-electron chi connectivity index (χ4n) is 3.16. The van der Waals surface area contributed by atoms with E-state index in [0.29, 0.717) is 6.04 Å². The van der Waals surface area contributed by atoms with E-state index in [4.69, 9.17) is 16.3 Å². The summed E-state index contributed by atoms with van der Waals surface area (Å²) in [6, 6.07) is 6.14. The van der Waals surface area contributed by atoms with Gasteiger partial charge in [0.1, 0.15) is 11.9 Å². The van der Waals surface area contributed by atoms with Gasteiger partial charge in [0.05, 0.1) is 6.61 Å². The fourth-order valence-corrected chi connectivity index (χ4v) is 3.35. The van der Waals surface area contributed by atoms with Gasteiger partial charge in [-0.15, -0.1) is 0 Å². The molecule has 0 aliphatic carbocycles. The molecule has 1 fully saturated rings. The third kappa shape index (κ3) is 2.88. The van der Waals surface area contributed by atoms with Crippen LogP contribution >= 0.6 is 11.6 Å². The lowest BCUT2D eigenvalue weighted by atomic mass is 10.0. The van der Waals surface area contributed by atoms with Crippen LogP contribution in [0.3, 0.4) is 0 Å². The van der Waals surface area contributed by atoms with E-state index in [-0.39, 0.29) is 12.7 Å². The van der Waals surface area contributed by atoms with Crippen molar-refractivity contribution in [2.75, 3.05) is 19.7 Å². The third-order valence-electron chi connectivity index (χ3n) is 4.16. The van der Waals surface area contributed by atoms with Crippen molar-refractivity contribution in [2.24, 2.45) is 0 Å². The maximum Gasteiger partial charge on any atom is 0.123 e. The van der Waals surface area contributed by atoms with Crippen LogP contribution in [0.25, 0.3) is 0 Å². The first-order valence-corrected chi connectivity index (χ1v) is 7.44. The largest absolute Gasteiger partial charge is 0.488 e. The molecule has 19 heavy (non-hydrogen) atoms. The predicted molar refractivity (Wildman–Crippen MR) is 75.9 cm³/mol. The highest BCUT2D eigenvalue weighted by Crippen LogP contribution is 2.32. The summed E-state index contributed by atoms with van der Waals surface area (Å²) in [5, 5.41) is 10.2. The molecule has 3 rings (SSSR count). The van der Waals surface area contributed by atoms with Gasteiger partial charge >= 0.3 is 0 Å². The van der Waals surface area contributed by atoms with E-state index in [1.54, 1.807) is 0 Å². The van der Waals surface area contributed by atoms with E-state index in [9.17, 15) is 5.11 Å². The van der Waals surface area contributed by atoms with E-state index in [1.807, 2.05) is 18.2 Å². The highest BCUT2D eigenvalue weighted by Gasteiger charge is 2.29. The highest BCUT2D eigenvalue weighted by molar-refractivity contribution is 6.30. The zero-order valence-corrected chi connectivity index (χ0v) is 11.8. The molecule has 4 heteroatoms. The Bertz CT molecular complexity index is 452. The zero-order valence-electron chi connectivity index (χ0n) is 11.0. The quantitative estimate of drug-likeness (QED) is 0.924. The maximum atomic E-state index is 9.45. The van der Waals surface area contributed by atoms with Crippen molar-refractivity contribution in [1.29, 1.82) is 0 Å². The lowest BCUT2D eigenvalue weighted by molar-refractivity contribution is 0.0570. The number of ether oxygens (including phenoxy) is 1. The predicted octanol–water partition coefficient (Wildman–Crippen LogP) is 2.49. The van der Waals surface area contributed by atoms with Crippen LogP contribution in [-0.2, 0) is 6.42 Å². The van der Waals surface area contributed by atoms with Crippen molar-refractivity contribution < 1.29 is 9.84 Å². The number of fused-ring (bicyclic) bond motifs is 1. The molecule has 1 aromatic carbocycles. The van der Waals surface area contributed by atoms with Gasteiger partial charge in [-0.1, -0.05) is 18.0 Å². The van der Waals surface area contributed by atoms with Gasteiger partial charge < -0.3 is 9.84 Å². The number of likely N-dealkylation sites (tertiary alicyclic amines) is 1. The van der Waals surface area contributed by atoms with E-state index < -0.39 is 0 Å². The van der Waals surface area contributed by atoms with Crippen molar-refractivity contribution in [3.05, 3.63) is 28.8 Å². The summed E-state index contributed by atoms with van der Waals surface area (Å²) in [5.74, 6) is 0.965. The van der Waals surface area contributed by atoms with Crippen LogP contribution in [0.5, 0.6) is 5.75 Å². The minimum absolute atomic E-state index is 0.195. The molecule has 0 spiro atoms. The molecular formula is C15H20ClNO2. The molecule has 1 saturated heterocycles. The zero-order chi connectivity index (χ0) is 13.2. The second-order valence-corrected chi connectivity index (χ2v) is 5.96. The molecule has 1 N–H and O–H groups in total. The lowest BCUT2D eigenvalue weighted by Crippen LogP contribution is -2.46. The Balaban J connectivity index is 1.63. The van der Waals surface area contributed by atoms with Gasteiger partial charge in [-0.05, 0) is 43.1 Å². The van der Waals surface area contributed by atoms with Crippen molar-refractivity contribution in [1.82, 2.24) is 4.90 Å². The molecule has 3 nitrogen and oxygen atoms in total. The number of benzene rings is 1. The molecule has 0 aromatic heterocycles. The van der Waals surface area contributed by atoms with Gasteiger partial charge in [0, 0.05) is 24.0 Å². The minimum atomic E-state index is 0.195. The first-order valence-electron chi connectivity index (χ1n) is 7.06.